The Hall–Kier alpha value is -2.91. The quantitative estimate of drug-likeness (QED) is 0.428. The highest BCUT2D eigenvalue weighted by molar-refractivity contribution is 7.93. The molecule has 150 valence electrons. The van der Waals surface area contributed by atoms with E-state index in [-0.39, 0.29) is 22.2 Å². The van der Waals surface area contributed by atoms with Crippen molar-refractivity contribution in [2.24, 2.45) is 4.99 Å². The number of hydrogen-bond donors (Lipinski definition) is 1. The van der Waals surface area contributed by atoms with E-state index in [9.17, 15) is 13.2 Å². The molecule has 0 spiro atoms. The number of aromatic nitrogens is 2. The molecule has 9 heteroatoms. The van der Waals surface area contributed by atoms with Gasteiger partial charge in [0.1, 0.15) is 5.01 Å². The number of sulfonamides is 1. The summed E-state index contributed by atoms with van der Waals surface area (Å²) in [6, 6.07) is 13.4. The first-order valence-electron chi connectivity index (χ1n) is 8.95. The van der Waals surface area contributed by atoms with E-state index in [1.807, 2.05) is 26.0 Å². The Morgan fingerprint density at radius 1 is 1.10 bits per heavy atom. The molecule has 0 aliphatic heterocycles. The molecule has 0 aliphatic rings. The molecule has 0 bridgehead atoms. The summed E-state index contributed by atoms with van der Waals surface area (Å²) in [7, 11) is -3.75. The maximum atomic E-state index is 12.4. The third kappa shape index (κ3) is 5.55. The molecule has 2 aromatic carbocycles. The van der Waals surface area contributed by atoms with Crippen LogP contribution >= 0.6 is 11.3 Å². The SMILES string of the molecule is CCc1nnc(NS(=O)(=O)c2ccc(N=CCC(=O)c3ccc(C)cc3)cc2)s1. The molecular formula is C20H20N4O3S2. The van der Waals surface area contributed by atoms with Gasteiger partial charge >= 0.3 is 0 Å². The second-order valence-corrected chi connectivity index (χ2v) is 9.00. The number of benzene rings is 2. The van der Waals surface area contributed by atoms with Crippen molar-refractivity contribution in [2.75, 3.05) is 4.72 Å². The molecule has 29 heavy (non-hydrogen) atoms. The van der Waals surface area contributed by atoms with Gasteiger partial charge in [-0.3, -0.25) is 14.5 Å². The predicted molar refractivity (Wildman–Crippen MR) is 115 cm³/mol. The molecule has 3 aromatic rings. The van der Waals surface area contributed by atoms with Crippen LogP contribution in [0.5, 0.6) is 0 Å². The van der Waals surface area contributed by atoms with Gasteiger partial charge in [0.25, 0.3) is 10.0 Å². The number of aryl methyl sites for hydroxylation is 2. The minimum atomic E-state index is -3.75. The molecule has 1 N–H and O–H groups in total. The van der Waals surface area contributed by atoms with Crippen molar-refractivity contribution in [1.29, 1.82) is 0 Å². The molecule has 0 aliphatic carbocycles. The Balaban J connectivity index is 1.62. The minimum absolute atomic E-state index is 0.0272. The molecule has 0 unspecified atom stereocenters. The molecule has 0 atom stereocenters. The molecular weight excluding hydrogens is 408 g/mol. The molecule has 3 rings (SSSR count). The van der Waals surface area contributed by atoms with Crippen LogP contribution in [0, 0.1) is 6.92 Å². The molecule has 0 fully saturated rings. The number of nitrogens with zero attached hydrogens (tertiary/aromatic N) is 3. The smallest absolute Gasteiger partial charge is 0.263 e. The Morgan fingerprint density at radius 3 is 2.41 bits per heavy atom. The lowest BCUT2D eigenvalue weighted by molar-refractivity contribution is 0.100. The lowest BCUT2D eigenvalue weighted by Gasteiger charge is -2.04. The van der Waals surface area contributed by atoms with Crippen LogP contribution in [0.15, 0.2) is 58.4 Å². The number of hydrogen-bond acceptors (Lipinski definition) is 7. The number of Topliss-reactive ketones (excluding diaryl/α,β-unsaturated/α-hetero) is 1. The largest absolute Gasteiger partial charge is 0.294 e. The normalized spacial score (nSPS) is 11.7. The van der Waals surface area contributed by atoms with Crippen LogP contribution in [-0.2, 0) is 16.4 Å². The summed E-state index contributed by atoms with van der Waals surface area (Å²) < 4.78 is 27.3. The standard InChI is InChI=1S/C20H20N4O3S2/c1-3-19-22-23-20(28-19)24-29(26,27)17-10-8-16(9-11-17)21-13-12-18(25)15-6-4-14(2)5-7-15/h4-11,13H,3,12H2,1-2H3,(H,23,24). The van der Waals surface area contributed by atoms with E-state index in [1.165, 1.54) is 29.7 Å². The van der Waals surface area contributed by atoms with Crippen molar-refractivity contribution in [3.8, 4) is 0 Å². The number of rotatable bonds is 8. The zero-order valence-electron chi connectivity index (χ0n) is 16.0. The Bertz CT molecular complexity index is 1120. The van der Waals surface area contributed by atoms with Crippen molar-refractivity contribution in [1.82, 2.24) is 10.2 Å². The molecule has 0 radical (unpaired) electrons. The monoisotopic (exact) mass is 428 g/mol. The number of carbonyl (C=O) groups is 1. The second-order valence-electron chi connectivity index (χ2n) is 6.26. The number of anilines is 1. The van der Waals surface area contributed by atoms with Gasteiger partial charge in [-0.2, -0.15) is 0 Å². The van der Waals surface area contributed by atoms with Crippen LogP contribution in [0.25, 0.3) is 0 Å². The highest BCUT2D eigenvalue weighted by Gasteiger charge is 2.16. The summed E-state index contributed by atoms with van der Waals surface area (Å²) in [5.74, 6) is -0.0272. The minimum Gasteiger partial charge on any atom is -0.294 e. The maximum absolute atomic E-state index is 12.4. The van der Waals surface area contributed by atoms with E-state index in [0.29, 0.717) is 17.7 Å². The van der Waals surface area contributed by atoms with E-state index in [0.717, 1.165) is 10.6 Å². The summed E-state index contributed by atoms with van der Waals surface area (Å²) in [5, 5.41) is 8.71. The third-order valence-electron chi connectivity index (χ3n) is 4.03. The van der Waals surface area contributed by atoms with Crippen molar-refractivity contribution >= 4 is 44.2 Å². The average Bonchev–Trinajstić information content (AvgIpc) is 3.15. The van der Waals surface area contributed by atoms with Gasteiger partial charge in [-0.1, -0.05) is 48.1 Å². The summed E-state index contributed by atoms with van der Waals surface area (Å²) in [5.41, 5.74) is 2.29. The summed E-state index contributed by atoms with van der Waals surface area (Å²) in [6.07, 6.45) is 2.39. The molecule has 7 nitrogen and oxygen atoms in total. The van der Waals surface area contributed by atoms with E-state index in [1.54, 1.807) is 24.3 Å². The highest BCUT2D eigenvalue weighted by Crippen LogP contribution is 2.22. The molecule has 0 saturated heterocycles. The average molecular weight is 429 g/mol. The topological polar surface area (TPSA) is 101 Å². The molecule has 0 saturated carbocycles. The fraction of sp³-hybridized carbons (Fsp3) is 0.200. The van der Waals surface area contributed by atoms with Gasteiger partial charge in [-0.15, -0.1) is 10.2 Å². The lowest BCUT2D eigenvalue weighted by atomic mass is 10.1. The summed E-state index contributed by atoms with van der Waals surface area (Å²) in [6.45, 7) is 3.89. The maximum Gasteiger partial charge on any atom is 0.263 e. The van der Waals surface area contributed by atoms with Crippen LogP contribution in [0.1, 0.15) is 34.3 Å². The molecule has 0 amide bonds. The lowest BCUT2D eigenvalue weighted by Crippen LogP contribution is -2.12. The Morgan fingerprint density at radius 2 is 1.79 bits per heavy atom. The van der Waals surface area contributed by atoms with Crippen molar-refractivity contribution in [3.05, 3.63) is 64.7 Å². The van der Waals surface area contributed by atoms with Crippen LogP contribution in [0.4, 0.5) is 10.8 Å². The van der Waals surface area contributed by atoms with E-state index in [4.69, 9.17) is 0 Å². The second kappa shape index (κ2) is 9.06. The fourth-order valence-corrected chi connectivity index (χ4v) is 4.32. The van der Waals surface area contributed by atoms with Crippen molar-refractivity contribution in [3.63, 3.8) is 0 Å². The number of aliphatic imine (C=N–C) groups is 1. The first-order chi connectivity index (χ1) is 13.9. The van der Waals surface area contributed by atoms with Gasteiger partial charge in [0.15, 0.2) is 5.78 Å². The predicted octanol–water partition coefficient (Wildman–Crippen LogP) is 4.19. The van der Waals surface area contributed by atoms with Crippen LogP contribution in [-0.4, -0.2) is 30.6 Å². The van der Waals surface area contributed by atoms with Gasteiger partial charge in [-0.05, 0) is 37.6 Å². The highest BCUT2D eigenvalue weighted by atomic mass is 32.2. The van der Waals surface area contributed by atoms with E-state index < -0.39 is 10.0 Å². The van der Waals surface area contributed by atoms with Crippen LogP contribution < -0.4 is 4.72 Å². The van der Waals surface area contributed by atoms with Crippen molar-refractivity contribution < 1.29 is 13.2 Å². The Labute approximate surface area is 173 Å². The number of carbonyl (C=O) groups excluding carboxylic acids is 1. The van der Waals surface area contributed by atoms with Gasteiger partial charge in [0.05, 0.1) is 10.6 Å². The van der Waals surface area contributed by atoms with Gasteiger partial charge < -0.3 is 0 Å². The summed E-state index contributed by atoms with van der Waals surface area (Å²) >= 11 is 1.20. The van der Waals surface area contributed by atoms with E-state index in [2.05, 4.69) is 19.9 Å². The zero-order valence-corrected chi connectivity index (χ0v) is 17.6. The molecule has 1 heterocycles. The van der Waals surface area contributed by atoms with Gasteiger partial charge in [-0.25, -0.2) is 8.42 Å². The van der Waals surface area contributed by atoms with Gasteiger partial charge in [0.2, 0.25) is 5.13 Å². The van der Waals surface area contributed by atoms with Crippen LogP contribution in [0.3, 0.4) is 0 Å². The first-order valence-corrected chi connectivity index (χ1v) is 11.2. The number of ketones is 1. The zero-order chi connectivity index (χ0) is 20.9. The Kier molecular flexibility index (Phi) is 6.50. The fourth-order valence-electron chi connectivity index (χ4n) is 2.41. The number of nitrogens with one attached hydrogen (secondary N) is 1. The summed E-state index contributed by atoms with van der Waals surface area (Å²) in [4.78, 5) is 16.5. The third-order valence-corrected chi connectivity index (χ3v) is 6.50. The van der Waals surface area contributed by atoms with E-state index >= 15 is 0 Å². The van der Waals surface area contributed by atoms with Gasteiger partial charge in [0, 0.05) is 18.2 Å². The van der Waals surface area contributed by atoms with Crippen LogP contribution in [0.2, 0.25) is 0 Å². The van der Waals surface area contributed by atoms with Crippen molar-refractivity contribution in [2.45, 2.75) is 31.6 Å². The molecule has 1 aromatic heterocycles. The first kappa shape index (κ1) is 20.8.